The quantitative estimate of drug-likeness (QED) is 0.149. The first kappa shape index (κ1) is 29.5. The third kappa shape index (κ3) is 5.24. The van der Waals surface area contributed by atoms with Crippen molar-refractivity contribution in [2.75, 3.05) is 4.90 Å². The summed E-state index contributed by atoms with van der Waals surface area (Å²) in [6, 6.07) is 47.8. The summed E-state index contributed by atoms with van der Waals surface area (Å²) in [4.78, 5) is 10.8. The largest absolute Gasteiger partial charge is 2.00 e. The number of rotatable bonds is 7. The fourth-order valence-corrected chi connectivity index (χ4v) is 5.86. The van der Waals surface area contributed by atoms with Gasteiger partial charge in [-0.15, -0.1) is 24.3 Å². The number of furan rings is 2. The minimum atomic E-state index is 0. The molecular weight excluding hydrogens is 782 g/mol. The molecule has 7 nitrogen and oxygen atoms in total. The molecule has 9 rings (SSSR count). The van der Waals surface area contributed by atoms with Crippen LogP contribution in [0.25, 0.3) is 43.9 Å². The van der Waals surface area contributed by atoms with Crippen LogP contribution in [-0.2, 0) is 21.1 Å². The van der Waals surface area contributed by atoms with E-state index >= 15 is 0 Å². The van der Waals surface area contributed by atoms with Crippen LogP contribution in [0.1, 0.15) is 0 Å². The zero-order valence-electron chi connectivity index (χ0n) is 25.1. The predicted octanol–water partition coefficient (Wildman–Crippen LogP) is 10.9. The van der Waals surface area contributed by atoms with E-state index < -0.39 is 0 Å². The van der Waals surface area contributed by atoms with Crippen LogP contribution in [0.4, 0.5) is 17.1 Å². The Bertz CT molecular complexity index is 2370. The molecule has 48 heavy (non-hydrogen) atoms. The second kappa shape index (κ2) is 12.4. The number of hydrogen-bond acceptors (Lipinski definition) is 7. The number of nitrogens with zero attached hydrogens (tertiary/aromatic N) is 3. The molecule has 0 fully saturated rings. The van der Waals surface area contributed by atoms with Gasteiger partial charge in [0.25, 0.3) is 0 Å². The number of fused-ring (bicyclic) bond motifs is 6. The van der Waals surface area contributed by atoms with Crippen molar-refractivity contribution in [3.8, 4) is 23.3 Å². The number of anilines is 3. The molecule has 0 spiro atoms. The summed E-state index contributed by atoms with van der Waals surface area (Å²) in [5.41, 5.74) is 4.76. The molecule has 0 bridgehead atoms. The van der Waals surface area contributed by atoms with Crippen molar-refractivity contribution in [1.82, 2.24) is 9.97 Å². The van der Waals surface area contributed by atoms with Crippen LogP contribution in [0.3, 0.4) is 0 Å². The number of ether oxygens (including phenoxy) is 2. The molecule has 0 aliphatic heterocycles. The minimum absolute atomic E-state index is 0. The first-order chi connectivity index (χ1) is 23.3. The molecule has 0 unspecified atom stereocenters. The van der Waals surface area contributed by atoms with E-state index in [1.165, 1.54) is 0 Å². The summed E-state index contributed by atoms with van der Waals surface area (Å²) >= 11 is 0. The second-order valence-electron chi connectivity index (χ2n) is 10.9. The van der Waals surface area contributed by atoms with E-state index in [4.69, 9.17) is 18.3 Å². The summed E-state index contributed by atoms with van der Waals surface area (Å²) in [5.74, 6) is 1.84. The molecule has 0 aliphatic rings. The molecule has 0 atom stereocenters. The summed E-state index contributed by atoms with van der Waals surface area (Å²) in [7, 11) is 0. The molecule has 232 valence electrons. The van der Waals surface area contributed by atoms with Crippen molar-refractivity contribution in [2.45, 2.75) is 0 Å². The van der Waals surface area contributed by atoms with Crippen LogP contribution < -0.4 is 14.4 Å². The molecule has 0 N–H and O–H groups in total. The molecule has 0 saturated carbocycles. The van der Waals surface area contributed by atoms with Crippen molar-refractivity contribution in [3.05, 3.63) is 152 Å². The summed E-state index contributed by atoms with van der Waals surface area (Å²) < 4.78 is 25.8. The zero-order valence-corrected chi connectivity index (χ0v) is 27.3. The fourth-order valence-electron chi connectivity index (χ4n) is 5.86. The maximum Gasteiger partial charge on any atom is 2.00 e. The fraction of sp³-hybridized carbons (Fsp3) is 0. The standard InChI is InChI=1S/C40H23N3O4.Pt/c1-2-12-26(13-3-1)43(33-24-27(44-37-18-8-10-20-41-37)22-31-29-14-4-6-16-35(29)46-39(31)33)34-25-28(45-38-19-9-11-21-42-38)23-32-30-15-5-7-17-36(30)47-40(32)34;/h1-23H;/q-2;+2. The van der Waals surface area contributed by atoms with Gasteiger partial charge in [-0.05, 0) is 47.8 Å². The Kier molecular flexibility index (Phi) is 7.59. The first-order valence-corrected chi connectivity index (χ1v) is 15.1. The van der Waals surface area contributed by atoms with E-state index in [2.05, 4.69) is 22.1 Å². The van der Waals surface area contributed by atoms with Crippen LogP contribution in [0.5, 0.6) is 23.3 Å². The van der Waals surface area contributed by atoms with Crippen LogP contribution in [0, 0.1) is 12.1 Å². The van der Waals surface area contributed by atoms with Crippen LogP contribution in [0.15, 0.2) is 149 Å². The van der Waals surface area contributed by atoms with Gasteiger partial charge in [0.15, 0.2) is 0 Å². The maximum absolute atomic E-state index is 6.58. The molecule has 4 heterocycles. The number of pyridine rings is 2. The van der Waals surface area contributed by atoms with Gasteiger partial charge in [-0.1, -0.05) is 77.5 Å². The van der Waals surface area contributed by atoms with Gasteiger partial charge in [0.2, 0.25) is 11.8 Å². The third-order valence-electron chi connectivity index (χ3n) is 7.90. The summed E-state index contributed by atoms with van der Waals surface area (Å²) in [6.07, 6.45) is 3.39. The van der Waals surface area contributed by atoms with Crippen molar-refractivity contribution in [1.29, 1.82) is 0 Å². The predicted molar refractivity (Wildman–Crippen MR) is 182 cm³/mol. The van der Waals surface area contributed by atoms with Crippen LogP contribution in [0.2, 0.25) is 0 Å². The third-order valence-corrected chi connectivity index (χ3v) is 7.90. The summed E-state index contributed by atoms with van der Waals surface area (Å²) in [5, 5.41) is 3.62. The van der Waals surface area contributed by atoms with Gasteiger partial charge < -0.3 is 23.2 Å². The normalized spacial score (nSPS) is 11.2. The van der Waals surface area contributed by atoms with E-state index in [1.54, 1.807) is 12.4 Å². The van der Waals surface area contributed by atoms with E-state index in [9.17, 15) is 0 Å². The average Bonchev–Trinajstić information content (AvgIpc) is 3.69. The van der Waals surface area contributed by atoms with Gasteiger partial charge >= 0.3 is 21.1 Å². The van der Waals surface area contributed by atoms with Crippen molar-refractivity contribution >= 4 is 60.9 Å². The molecule has 5 aromatic carbocycles. The maximum atomic E-state index is 6.58. The molecule has 0 amide bonds. The minimum Gasteiger partial charge on any atom is -0.513 e. The molecule has 0 aliphatic carbocycles. The van der Waals surface area contributed by atoms with Crippen molar-refractivity contribution in [2.24, 2.45) is 0 Å². The van der Waals surface area contributed by atoms with E-state index in [1.807, 2.05) is 132 Å². The molecule has 4 aromatic heterocycles. The number of aromatic nitrogens is 2. The van der Waals surface area contributed by atoms with E-state index in [-0.39, 0.29) is 21.1 Å². The van der Waals surface area contributed by atoms with Gasteiger partial charge in [-0.25, -0.2) is 9.97 Å². The van der Waals surface area contributed by atoms with Crippen LogP contribution >= 0.6 is 0 Å². The van der Waals surface area contributed by atoms with E-state index in [0.717, 1.165) is 38.4 Å². The average molecular weight is 805 g/mol. The summed E-state index contributed by atoms with van der Waals surface area (Å²) in [6.45, 7) is 0. The second-order valence-corrected chi connectivity index (χ2v) is 10.9. The van der Waals surface area contributed by atoms with Gasteiger partial charge in [0.1, 0.15) is 11.2 Å². The topological polar surface area (TPSA) is 73.8 Å². The number of benzene rings is 5. The number of hydrogen-bond donors (Lipinski definition) is 0. The SMILES string of the molecule is [Pt+2].[c-]1c(Oc2ccccn2)cc2c(oc3ccccc32)c1N(c1ccccc1)c1[c-]c(Oc2ccccn2)cc2c1oc1ccccc12. The molecule has 0 saturated heterocycles. The first-order valence-electron chi connectivity index (χ1n) is 15.1. The van der Waals surface area contributed by atoms with Crippen molar-refractivity contribution in [3.63, 3.8) is 0 Å². The Balaban J connectivity index is 0.00000336. The van der Waals surface area contributed by atoms with Crippen molar-refractivity contribution < 1.29 is 39.4 Å². The molecule has 0 radical (unpaired) electrons. The Morgan fingerprint density at radius 3 is 1.44 bits per heavy atom. The molecule has 8 heteroatoms. The Morgan fingerprint density at radius 2 is 0.958 bits per heavy atom. The monoisotopic (exact) mass is 804 g/mol. The Morgan fingerprint density at radius 1 is 0.500 bits per heavy atom. The zero-order chi connectivity index (χ0) is 31.2. The molecule has 9 aromatic rings. The van der Waals surface area contributed by atoms with Gasteiger partial charge in [-0.3, -0.25) is 0 Å². The van der Waals surface area contributed by atoms with Gasteiger partial charge in [0.05, 0.1) is 0 Å². The smallest absolute Gasteiger partial charge is 0.513 e. The Labute approximate surface area is 289 Å². The van der Waals surface area contributed by atoms with Gasteiger partial charge in [0, 0.05) is 63.7 Å². The Hall–Kier alpha value is -5.91. The number of para-hydroxylation sites is 3. The van der Waals surface area contributed by atoms with Crippen LogP contribution in [-0.4, -0.2) is 9.97 Å². The molecular formula is C40H23N3O4Pt. The van der Waals surface area contributed by atoms with E-state index in [0.29, 0.717) is 45.8 Å². The van der Waals surface area contributed by atoms with Gasteiger partial charge in [-0.2, -0.15) is 0 Å².